The first-order valence-corrected chi connectivity index (χ1v) is 30.1. The molecule has 0 amide bonds. The van der Waals surface area contributed by atoms with Gasteiger partial charge in [0, 0.05) is 62.1 Å². The van der Waals surface area contributed by atoms with Crippen LogP contribution in [0.1, 0.15) is 57.2 Å². The number of hydrogen-bond acceptors (Lipinski definition) is 13. The summed E-state index contributed by atoms with van der Waals surface area (Å²) in [6, 6.07) is 14.1. The standard InChI is InChI=1S/C40H78N4O9Si4/c1-11-34-24-35(12-2)40(33(5)39(34)42)44-26-37(46)30-49-21-17-23-55(7,8)52-57(53-56(9,10)47-6,38-18-14-13-15-19-38)51-54-22-16-20-48-29-36(45)25-43-32(4)28-50-27-31(3)41/h13-15,18-19,24,31-32,36-37,43-46H,11-12,16-17,20-23,25-30,41-42,54H2,1-10H3. The lowest BCUT2D eigenvalue weighted by molar-refractivity contribution is 0.0330. The number of anilines is 2. The Labute approximate surface area is 349 Å². The van der Waals surface area contributed by atoms with Gasteiger partial charge in [0.1, 0.15) is 0 Å². The van der Waals surface area contributed by atoms with Gasteiger partial charge < -0.3 is 63.3 Å². The number of hydrogen-bond donors (Lipinski definition) is 6. The van der Waals surface area contributed by atoms with Gasteiger partial charge in [0.2, 0.25) is 0 Å². The number of ether oxygens (including phenoxy) is 3. The molecule has 8 N–H and O–H groups in total. The molecule has 0 saturated carbocycles. The van der Waals surface area contributed by atoms with Crippen molar-refractivity contribution in [3.63, 3.8) is 0 Å². The predicted molar refractivity (Wildman–Crippen MR) is 243 cm³/mol. The van der Waals surface area contributed by atoms with Gasteiger partial charge in [-0.1, -0.05) is 50.2 Å². The summed E-state index contributed by atoms with van der Waals surface area (Å²) in [5, 5.41) is 28.8. The number of benzene rings is 2. The van der Waals surface area contributed by atoms with Crippen LogP contribution >= 0.6 is 0 Å². The van der Waals surface area contributed by atoms with Crippen LogP contribution in [0.5, 0.6) is 0 Å². The van der Waals surface area contributed by atoms with Gasteiger partial charge in [-0.25, -0.2) is 0 Å². The maximum absolute atomic E-state index is 10.8. The lowest BCUT2D eigenvalue weighted by Gasteiger charge is -2.41. The van der Waals surface area contributed by atoms with Crippen LogP contribution in [0.3, 0.4) is 0 Å². The minimum absolute atomic E-state index is 0.00221. The number of rotatable bonds is 32. The van der Waals surface area contributed by atoms with Gasteiger partial charge in [-0.05, 0) is 101 Å². The number of nitrogen functional groups attached to an aromatic ring is 1. The van der Waals surface area contributed by atoms with E-state index in [0.29, 0.717) is 39.5 Å². The average Bonchev–Trinajstić information content (AvgIpc) is 3.16. The molecule has 2 rings (SSSR count). The summed E-state index contributed by atoms with van der Waals surface area (Å²) in [6.45, 7) is 22.0. The molecule has 5 unspecified atom stereocenters. The van der Waals surface area contributed by atoms with E-state index in [1.807, 2.05) is 64.2 Å². The molecule has 0 aromatic heterocycles. The minimum atomic E-state index is -3.38. The number of aliphatic hydroxyl groups is 2. The molecular weight excluding hydrogens is 793 g/mol. The highest BCUT2D eigenvalue weighted by Gasteiger charge is 2.51. The zero-order chi connectivity index (χ0) is 42.5. The second-order valence-corrected chi connectivity index (χ2v) is 28.9. The topological polar surface area (TPSA) is 181 Å². The number of nitrogens with two attached hydrogens (primary N) is 2. The lowest BCUT2D eigenvalue weighted by Crippen LogP contribution is -2.66. The van der Waals surface area contributed by atoms with Crippen LogP contribution in [0.2, 0.25) is 38.3 Å². The Morgan fingerprint density at radius 2 is 1.46 bits per heavy atom. The third-order valence-corrected chi connectivity index (χ3v) is 22.6. The molecule has 0 saturated heterocycles. The molecule has 2 aromatic rings. The predicted octanol–water partition coefficient (Wildman–Crippen LogP) is 3.94. The third kappa shape index (κ3) is 19.6. The van der Waals surface area contributed by atoms with Crippen molar-refractivity contribution in [1.82, 2.24) is 5.32 Å². The maximum Gasteiger partial charge on any atom is 0.506 e. The number of aliphatic hydroxyl groups excluding tert-OH is 2. The van der Waals surface area contributed by atoms with E-state index in [9.17, 15) is 10.2 Å². The van der Waals surface area contributed by atoms with Crippen molar-refractivity contribution in [2.24, 2.45) is 5.73 Å². The summed E-state index contributed by atoms with van der Waals surface area (Å²) >= 11 is 0. The van der Waals surface area contributed by atoms with Crippen LogP contribution in [-0.2, 0) is 43.8 Å². The van der Waals surface area contributed by atoms with Gasteiger partial charge in [0.05, 0.1) is 38.6 Å². The van der Waals surface area contributed by atoms with Crippen LogP contribution in [0.4, 0.5) is 11.4 Å². The van der Waals surface area contributed by atoms with E-state index >= 15 is 0 Å². The molecule has 0 fully saturated rings. The largest absolute Gasteiger partial charge is 0.506 e. The summed E-state index contributed by atoms with van der Waals surface area (Å²) in [4.78, 5) is 0. The van der Waals surface area contributed by atoms with E-state index in [0.717, 1.165) is 65.5 Å². The zero-order valence-corrected chi connectivity index (χ0v) is 41.2. The minimum Gasteiger partial charge on any atom is -0.419 e. The maximum atomic E-state index is 10.8. The second-order valence-electron chi connectivity index (χ2n) is 16.1. The normalized spacial score (nSPS) is 15.8. The zero-order valence-electron chi connectivity index (χ0n) is 36.8. The number of nitrogens with one attached hydrogen (secondary N) is 2. The third-order valence-electron chi connectivity index (χ3n) is 9.59. The SMILES string of the molecule is CCc1cc(CC)c(NCC(O)COCCC[Si](C)(C)O[Si](O[SiH2]CCCOCC(O)CNC(C)COCC(C)N)(O[Si](C)(C)OC)c2ccccc2)c(C)c1N. The smallest absolute Gasteiger partial charge is 0.419 e. The van der Waals surface area contributed by atoms with E-state index in [4.69, 9.17) is 42.4 Å². The first-order chi connectivity index (χ1) is 27.0. The molecular formula is C40H78N4O9Si4. The van der Waals surface area contributed by atoms with Crippen molar-refractivity contribution in [3.8, 4) is 0 Å². The summed E-state index contributed by atoms with van der Waals surface area (Å²) in [5.41, 5.74) is 17.3. The fraction of sp³-hybridized carbons (Fsp3) is 0.700. The summed E-state index contributed by atoms with van der Waals surface area (Å²) in [5.74, 6) is 0. The van der Waals surface area contributed by atoms with Gasteiger partial charge in [-0.2, -0.15) is 0 Å². The fourth-order valence-electron chi connectivity index (χ4n) is 6.21. The van der Waals surface area contributed by atoms with E-state index in [2.05, 4.69) is 43.6 Å². The van der Waals surface area contributed by atoms with E-state index < -0.39 is 47.7 Å². The molecule has 17 heteroatoms. The molecule has 2 aromatic carbocycles. The Hall–Kier alpha value is -1.53. The molecule has 0 aliphatic carbocycles. The Morgan fingerprint density at radius 3 is 2.07 bits per heavy atom. The van der Waals surface area contributed by atoms with Crippen LogP contribution in [0, 0.1) is 6.92 Å². The van der Waals surface area contributed by atoms with Crippen molar-refractivity contribution in [1.29, 1.82) is 0 Å². The molecule has 0 aliphatic heterocycles. The lowest BCUT2D eigenvalue weighted by atomic mass is 9.97. The monoisotopic (exact) mass is 870 g/mol. The molecule has 0 spiro atoms. The summed E-state index contributed by atoms with van der Waals surface area (Å²) in [6.07, 6.45) is 2.11. The van der Waals surface area contributed by atoms with E-state index in [1.165, 1.54) is 5.56 Å². The molecule has 5 atom stereocenters. The first kappa shape index (κ1) is 51.6. The van der Waals surface area contributed by atoms with Gasteiger partial charge in [0.15, 0.2) is 18.1 Å². The Balaban J connectivity index is 1.92. The molecule has 328 valence electrons. The molecule has 0 aliphatic rings. The highest BCUT2D eigenvalue weighted by Crippen LogP contribution is 2.31. The highest BCUT2D eigenvalue weighted by molar-refractivity contribution is 6.92. The highest BCUT2D eigenvalue weighted by atomic mass is 28.5. The van der Waals surface area contributed by atoms with Gasteiger partial charge in [0.25, 0.3) is 0 Å². The van der Waals surface area contributed by atoms with Crippen molar-refractivity contribution in [3.05, 3.63) is 53.1 Å². The van der Waals surface area contributed by atoms with Crippen molar-refractivity contribution in [2.75, 3.05) is 70.9 Å². The molecule has 57 heavy (non-hydrogen) atoms. The first-order valence-electron chi connectivity index (χ1n) is 20.9. The van der Waals surface area contributed by atoms with Crippen LogP contribution in [0.25, 0.3) is 0 Å². The van der Waals surface area contributed by atoms with E-state index in [-0.39, 0.29) is 25.3 Å². The Bertz CT molecular complexity index is 1400. The summed E-state index contributed by atoms with van der Waals surface area (Å²) < 4.78 is 44.2. The molecule has 0 radical (unpaired) electrons. The molecule has 0 heterocycles. The van der Waals surface area contributed by atoms with Gasteiger partial charge in [-0.3, -0.25) is 0 Å². The quantitative estimate of drug-likeness (QED) is 0.0354. The van der Waals surface area contributed by atoms with Crippen molar-refractivity contribution < 1.29 is 41.2 Å². The van der Waals surface area contributed by atoms with E-state index in [1.54, 1.807) is 7.11 Å². The fourth-order valence-corrected chi connectivity index (χ4v) is 19.8. The molecule has 13 nitrogen and oxygen atoms in total. The van der Waals surface area contributed by atoms with Crippen LogP contribution in [0.15, 0.2) is 36.4 Å². The van der Waals surface area contributed by atoms with Crippen molar-refractivity contribution >= 4 is 52.0 Å². The second kappa shape index (κ2) is 26.6. The van der Waals surface area contributed by atoms with Crippen molar-refractivity contribution in [2.45, 2.75) is 123 Å². The Kier molecular flexibility index (Phi) is 24.1. The number of aryl methyl sites for hydroxylation is 2. The van der Waals surface area contributed by atoms with Gasteiger partial charge in [-0.15, -0.1) is 0 Å². The average molecular weight is 871 g/mol. The van der Waals surface area contributed by atoms with Crippen LogP contribution in [-0.4, -0.2) is 130 Å². The summed E-state index contributed by atoms with van der Waals surface area (Å²) in [7, 11) is -7.74. The van der Waals surface area contributed by atoms with Gasteiger partial charge >= 0.3 is 17.4 Å². The molecule has 0 bridgehead atoms. The Morgan fingerprint density at radius 1 is 0.825 bits per heavy atom. The van der Waals surface area contributed by atoms with Crippen LogP contribution < -0.4 is 27.3 Å².